The van der Waals surface area contributed by atoms with Crippen molar-refractivity contribution in [3.05, 3.63) is 46.1 Å². The third-order valence-corrected chi connectivity index (χ3v) is 1.37. The average molecular weight is 185 g/mol. The number of rotatable bonds is 1. The molecule has 0 amide bonds. The lowest BCUT2D eigenvalue weighted by Crippen LogP contribution is -1.65. The molecule has 0 bridgehead atoms. The molecule has 0 aliphatic rings. The maximum absolute atomic E-state index is 5.37. The van der Waals surface area contributed by atoms with Crippen molar-refractivity contribution in [2.24, 2.45) is 0 Å². The van der Waals surface area contributed by atoms with Gasteiger partial charge in [0.25, 0.3) is 0 Å². The van der Waals surface area contributed by atoms with E-state index >= 15 is 0 Å². The van der Waals surface area contributed by atoms with Gasteiger partial charge in [0.1, 0.15) is 4.49 Å². The monoisotopic (exact) mass is 184 g/mol. The van der Waals surface area contributed by atoms with Gasteiger partial charge in [0.05, 0.1) is 0 Å². The van der Waals surface area contributed by atoms with E-state index in [0.717, 1.165) is 5.56 Å². The predicted molar refractivity (Wildman–Crippen MR) is 49.6 cm³/mol. The Hall–Kier alpha value is -0.680. The van der Waals surface area contributed by atoms with Crippen LogP contribution in [-0.2, 0) is 0 Å². The molecule has 0 saturated carbocycles. The highest BCUT2D eigenvalue weighted by Gasteiger charge is 1.80. The Bertz CT molecular complexity index is 278. The van der Waals surface area contributed by atoms with Gasteiger partial charge in [-0.1, -0.05) is 59.3 Å². The number of hydrogen-bond donors (Lipinski definition) is 0. The summed E-state index contributed by atoms with van der Waals surface area (Å²) in [6, 6.07) is 9.72. The van der Waals surface area contributed by atoms with Gasteiger partial charge in [-0.05, 0) is 11.6 Å². The molecule has 0 N–H and O–H groups in total. The summed E-state index contributed by atoms with van der Waals surface area (Å²) in [6.45, 7) is 0. The Morgan fingerprint density at radius 3 is 2.36 bits per heavy atom. The zero-order valence-corrected chi connectivity index (χ0v) is 7.23. The summed E-state index contributed by atoms with van der Waals surface area (Å²) in [5, 5.41) is 0. The van der Waals surface area contributed by atoms with Crippen LogP contribution in [0, 0.1) is 0 Å². The smallest absolute Gasteiger partial charge is 0.0878 e. The number of benzene rings is 1. The quantitative estimate of drug-likeness (QED) is 0.586. The molecule has 1 aromatic carbocycles. The largest absolute Gasteiger partial charge is 0.148 e. The van der Waals surface area contributed by atoms with Gasteiger partial charge < -0.3 is 0 Å². The summed E-state index contributed by atoms with van der Waals surface area (Å²) < 4.78 is 0.147. The van der Waals surface area contributed by atoms with Crippen LogP contribution in [0.2, 0.25) is 0 Å². The molecule has 1 rings (SSSR count). The number of hydrogen-bond acceptors (Lipinski definition) is 0. The molecule has 0 atom stereocenters. The van der Waals surface area contributed by atoms with Crippen LogP contribution in [0.3, 0.4) is 0 Å². The molecule has 0 radical (unpaired) electrons. The highest BCUT2D eigenvalue weighted by atomic mass is 35.5. The second-order valence-corrected chi connectivity index (χ2v) is 2.91. The molecule has 0 saturated heterocycles. The van der Waals surface area contributed by atoms with Crippen LogP contribution in [-0.4, -0.2) is 0 Å². The maximum Gasteiger partial charge on any atom is 0.148 e. The topological polar surface area (TPSA) is 0 Å². The van der Waals surface area contributed by atoms with Gasteiger partial charge in [-0.25, -0.2) is 0 Å². The fraction of sp³-hybridized carbons (Fsp3) is 0. The van der Waals surface area contributed by atoms with Crippen molar-refractivity contribution in [2.75, 3.05) is 0 Å². The summed E-state index contributed by atoms with van der Waals surface area (Å²) in [7, 11) is 0. The lowest BCUT2D eigenvalue weighted by molar-refractivity contribution is 1.66. The van der Waals surface area contributed by atoms with E-state index in [4.69, 9.17) is 23.2 Å². The van der Waals surface area contributed by atoms with Gasteiger partial charge in [0.2, 0.25) is 0 Å². The highest BCUT2D eigenvalue weighted by molar-refractivity contribution is 6.55. The summed E-state index contributed by atoms with van der Waals surface area (Å²) >= 11 is 10.7. The van der Waals surface area contributed by atoms with Crippen LogP contribution in [0.5, 0.6) is 0 Å². The minimum Gasteiger partial charge on any atom is -0.0878 e. The third kappa shape index (κ3) is 3.29. The highest BCUT2D eigenvalue weighted by Crippen LogP contribution is 2.06. The van der Waals surface area contributed by atoms with Gasteiger partial charge in [-0.3, -0.25) is 0 Å². The lowest BCUT2D eigenvalue weighted by Gasteiger charge is -1.86. The van der Waals surface area contributed by atoms with Crippen molar-refractivity contribution in [3.63, 3.8) is 0 Å². The van der Waals surface area contributed by atoms with E-state index in [2.05, 4.69) is 5.73 Å². The first-order valence-electron chi connectivity index (χ1n) is 3.12. The molecular formula is C9H6Cl2. The van der Waals surface area contributed by atoms with Crippen molar-refractivity contribution >= 4 is 29.3 Å². The van der Waals surface area contributed by atoms with Crippen LogP contribution < -0.4 is 0 Å². The molecule has 56 valence electrons. The fourth-order valence-corrected chi connectivity index (χ4v) is 0.796. The first kappa shape index (κ1) is 8.42. The van der Waals surface area contributed by atoms with E-state index in [1.807, 2.05) is 30.3 Å². The SMILES string of the molecule is ClC(Cl)=C=Cc1ccccc1. The molecule has 0 unspecified atom stereocenters. The summed E-state index contributed by atoms with van der Waals surface area (Å²) in [6.07, 6.45) is 1.73. The van der Waals surface area contributed by atoms with Crippen LogP contribution in [0.4, 0.5) is 0 Å². The predicted octanol–water partition coefficient (Wildman–Crippen LogP) is 3.62. The van der Waals surface area contributed by atoms with Crippen molar-refractivity contribution in [2.45, 2.75) is 0 Å². The summed E-state index contributed by atoms with van der Waals surface area (Å²) in [4.78, 5) is 0. The van der Waals surface area contributed by atoms with E-state index in [-0.39, 0.29) is 4.49 Å². The van der Waals surface area contributed by atoms with E-state index in [1.165, 1.54) is 0 Å². The first-order chi connectivity index (χ1) is 5.29. The van der Waals surface area contributed by atoms with Gasteiger partial charge >= 0.3 is 0 Å². The van der Waals surface area contributed by atoms with Crippen molar-refractivity contribution in [1.82, 2.24) is 0 Å². The Kier molecular flexibility index (Phi) is 3.25. The van der Waals surface area contributed by atoms with Crippen LogP contribution in [0.25, 0.3) is 6.08 Å². The standard InChI is InChI=1S/C9H6Cl2/c10-9(11)7-6-8-4-2-1-3-5-8/h1-6H. The van der Waals surface area contributed by atoms with Crippen LogP contribution in [0.15, 0.2) is 40.6 Å². The van der Waals surface area contributed by atoms with Crippen LogP contribution in [0.1, 0.15) is 5.56 Å². The molecule has 1 aromatic rings. The van der Waals surface area contributed by atoms with Gasteiger partial charge in [-0.2, -0.15) is 0 Å². The van der Waals surface area contributed by atoms with Gasteiger partial charge in [-0.15, -0.1) is 0 Å². The molecule has 2 heteroatoms. The summed E-state index contributed by atoms with van der Waals surface area (Å²) in [5.74, 6) is 0. The lowest BCUT2D eigenvalue weighted by atomic mass is 10.2. The average Bonchev–Trinajstić information content (AvgIpc) is 2.03. The Labute approximate surface area is 75.8 Å². The van der Waals surface area contributed by atoms with Crippen molar-refractivity contribution < 1.29 is 0 Å². The normalized spacial score (nSPS) is 8.55. The Balaban J connectivity index is 2.89. The van der Waals surface area contributed by atoms with Gasteiger partial charge in [0, 0.05) is 0 Å². The van der Waals surface area contributed by atoms with Crippen molar-refractivity contribution in [3.8, 4) is 0 Å². The number of halogens is 2. The maximum atomic E-state index is 5.37. The second kappa shape index (κ2) is 4.25. The minimum absolute atomic E-state index is 0.147. The van der Waals surface area contributed by atoms with E-state index in [1.54, 1.807) is 6.08 Å². The zero-order valence-electron chi connectivity index (χ0n) is 5.72. The Morgan fingerprint density at radius 2 is 1.82 bits per heavy atom. The van der Waals surface area contributed by atoms with Crippen LogP contribution >= 0.6 is 23.2 Å². The van der Waals surface area contributed by atoms with E-state index in [0.29, 0.717) is 0 Å². The zero-order chi connectivity index (χ0) is 8.10. The van der Waals surface area contributed by atoms with Crippen molar-refractivity contribution in [1.29, 1.82) is 0 Å². The summed E-state index contributed by atoms with van der Waals surface area (Å²) in [5.41, 5.74) is 3.72. The molecule has 0 nitrogen and oxygen atoms in total. The molecule has 0 fully saturated rings. The minimum atomic E-state index is 0.147. The van der Waals surface area contributed by atoms with E-state index < -0.39 is 0 Å². The third-order valence-electron chi connectivity index (χ3n) is 1.15. The molecule has 0 aliphatic carbocycles. The molecule has 11 heavy (non-hydrogen) atoms. The fourth-order valence-electron chi connectivity index (χ4n) is 0.687. The molecule has 0 aliphatic heterocycles. The Morgan fingerprint density at radius 1 is 1.18 bits per heavy atom. The molecule has 0 aromatic heterocycles. The second-order valence-electron chi connectivity index (χ2n) is 1.96. The molecule has 0 heterocycles. The van der Waals surface area contributed by atoms with Gasteiger partial charge in [0.15, 0.2) is 0 Å². The molecule has 0 spiro atoms. The first-order valence-corrected chi connectivity index (χ1v) is 3.87. The van der Waals surface area contributed by atoms with E-state index in [9.17, 15) is 0 Å². The molecular weight excluding hydrogens is 179 g/mol.